The molecule has 1 saturated heterocycles. The average molecular weight is 311 g/mol. The minimum Gasteiger partial charge on any atom is -0.370 e. The van der Waals surface area contributed by atoms with E-state index in [0.717, 1.165) is 38.0 Å². The van der Waals surface area contributed by atoms with Crippen LogP contribution in [0.3, 0.4) is 0 Å². The van der Waals surface area contributed by atoms with Gasteiger partial charge >= 0.3 is 0 Å². The van der Waals surface area contributed by atoms with Gasteiger partial charge in [-0.25, -0.2) is 13.1 Å². The molecular weight excluding hydrogens is 286 g/mol. The summed E-state index contributed by atoms with van der Waals surface area (Å²) in [7, 11) is -3.44. The van der Waals surface area contributed by atoms with Gasteiger partial charge in [0.1, 0.15) is 4.90 Å². The first-order valence-electron chi connectivity index (χ1n) is 7.62. The fourth-order valence-corrected chi connectivity index (χ4v) is 4.03. The van der Waals surface area contributed by atoms with Crippen molar-refractivity contribution in [3.8, 4) is 0 Å². The second-order valence-electron chi connectivity index (χ2n) is 5.53. The summed E-state index contributed by atoms with van der Waals surface area (Å²) < 4.78 is 27.5. The lowest BCUT2D eigenvalue weighted by Gasteiger charge is -2.34. The molecule has 1 aromatic carbocycles. The van der Waals surface area contributed by atoms with Crippen LogP contribution in [0.15, 0.2) is 29.2 Å². The highest BCUT2D eigenvalue weighted by atomic mass is 32.2. The summed E-state index contributed by atoms with van der Waals surface area (Å²) in [5.41, 5.74) is 6.52. The van der Waals surface area contributed by atoms with E-state index >= 15 is 0 Å². The lowest BCUT2D eigenvalue weighted by atomic mass is 9.97. The van der Waals surface area contributed by atoms with Crippen LogP contribution in [-0.2, 0) is 10.0 Å². The minimum absolute atomic E-state index is 0.379. The van der Waals surface area contributed by atoms with Crippen molar-refractivity contribution in [3.63, 3.8) is 0 Å². The van der Waals surface area contributed by atoms with Crippen LogP contribution in [0.5, 0.6) is 0 Å². The number of nitrogens with zero attached hydrogens (tertiary/aromatic N) is 1. The quantitative estimate of drug-likeness (QED) is 0.836. The van der Waals surface area contributed by atoms with Crippen LogP contribution in [0.25, 0.3) is 0 Å². The molecule has 21 heavy (non-hydrogen) atoms. The van der Waals surface area contributed by atoms with Crippen LogP contribution in [0.1, 0.15) is 26.2 Å². The Hall–Kier alpha value is -1.11. The smallest absolute Gasteiger partial charge is 0.242 e. The van der Waals surface area contributed by atoms with Gasteiger partial charge in [-0.05, 0) is 43.9 Å². The maximum absolute atomic E-state index is 12.4. The van der Waals surface area contributed by atoms with Crippen LogP contribution in [0, 0.1) is 5.92 Å². The molecule has 0 aromatic heterocycles. The fraction of sp³-hybridized carbons (Fsp3) is 0.600. The van der Waals surface area contributed by atoms with Crippen LogP contribution in [0.2, 0.25) is 0 Å². The third-order valence-electron chi connectivity index (χ3n) is 3.99. The van der Waals surface area contributed by atoms with Gasteiger partial charge in [0, 0.05) is 19.6 Å². The zero-order valence-corrected chi connectivity index (χ0v) is 13.4. The molecule has 1 aliphatic rings. The van der Waals surface area contributed by atoms with Crippen molar-refractivity contribution in [2.45, 2.75) is 31.1 Å². The second-order valence-corrected chi connectivity index (χ2v) is 7.27. The number of hydrogen-bond donors (Lipinski definition) is 2. The Labute approximate surface area is 127 Å². The first-order valence-corrected chi connectivity index (χ1v) is 9.10. The Bertz CT molecular complexity index is 552. The molecule has 0 spiro atoms. The summed E-state index contributed by atoms with van der Waals surface area (Å²) in [6.45, 7) is 4.86. The Kier molecular flexibility index (Phi) is 5.61. The van der Waals surface area contributed by atoms with Crippen LogP contribution >= 0.6 is 0 Å². The fourth-order valence-electron chi connectivity index (χ4n) is 2.67. The SMILES string of the molecule is CCCNS(=O)(=O)c1ccccc1N1CCC(CN)CC1. The van der Waals surface area contributed by atoms with Crippen molar-refractivity contribution in [2.75, 3.05) is 31.1 Å². The van der Waals surface area contributed by atoms with Crippen LogP contribution in [-0.4, -0.2) is 34.6 Å². The number of nitrogens with one attached hydrogen (secondary N) is 1. The summed E-state index contributed by atoms with van der Waals surface area (Å²) in [6, 6.07) is 7.24. The number of sulfonamides is 1. The Morgan fingerprint density at radius 1 is 1.29 bits per heavy atom. The second kappa shape index (κ2) is 7.24. The highest BCUT2D eigenvalue weighted by molar-refractivity contribution is 7.89. The van der Waals surface area contributed by atoms with Gasteiger partial charge in [-0.1, -0.05) is 19.1 Å². The van der Waals surface area contributed by atoms with Crippen molar-refractivity contribution < 1.29 is 8.42 Å². The van der Waals surface area contributed by atoms with E-state index in [1.165, 1.54) is 0 Å². The van der Waals surface area contributed by atoms with E-state index in [4.69, 9.17) is 5.73 Å². The van der Waals surface area contributed by atoms with E-state index in [-0.39, 0.29) is 0 Å². The molecule has 0 radical (unpaired) electrons. The Morgan fingerprint density at radius 2 is 1.95 bits per heavy atom. The molecule has 1 fully saturated rings. The number of anilines is 1. The maximum atomic E-state index is 12.4. The predicted octanol–water partition coefficient (Wildman–Crippen LogP) is 1.55. The summed E-state index contributed by atoms with van der Waals surface area (Å²) in [4.78, 5) is 2.54. The molecule has 1 aromatic rings. The lowest BCUT2D eigenvalue weighted by Crippen LogP contribution is -2.37. The van der Waals surface area contributed by atoms with Crippen molar-refractivity contribution in [1.82, 2.24) is 4.72 Å². The molecule has 1 aliphatic heterocycles. The molecule has 5 nitrogen and oxygen atoms in total. The number of hydrogen-bond acceptors (Lipinski definition) is 4. The number of para-hydroxylation sites is 1. The number of benzene rings is 1. The van der Waals surface area contributed by atoms with Gasteiger partial charge in [-0.15, -0.1) is 0 Å². The molecule has 0 saturated carbocycles. The highest BCUT2D eigenvalue weighted by Crippen LogP contribution is 2.28. The first kappa shape index (κ1) is 16.3. The normalized spacial score (nSPS) is 17.1. The molecule has 0 bridgehead atoms. The topological polar surface area (TPSA) is 75.4 Å². The number of piperidine rings is 1. The van der Waals surface area contributed by atoms with E-state index in [1.54, 1.807) is 12.1 Å². The summed E-state index contributed by atoms with van der Waals surface area (Å²) >= 11 is 0. The van der Waals surface area contributed by atoms with Gasteiger partial charge in [0.2, 0.25) is 10.0 Å². The monoisotopic (exact) mass is 311 g/mol. The highest BCUT2D eigenvalue weighted by Gasteiger charge is 2.24. The molecule has 2 rings (SSSR count). The summed E-state index contributed by atoms with van der Waals surface area (Å²) in [5.74, 6) is 0.559. The van der Waals surface area contributed by atoms with Gasteiger partial charge in [0.05, 0.1) is 5.69 Å². The van der Waals surface area contributed by atoms with Crippen molar-refractivity contribution in [1.29, 1.82) is 0 Å². The zero-order valence-electron chi connectivity index (χ0n) is 12.6. The summed E-state index contributed by atoms with van der Waals surface area (Å²) in [5, 5.41) is 0. The molecule has 1 heterocycles. The molecule has 0 atom stereocenters. The molecule has 0 unspecified atom stereocenters. The standard InChI is InChI=1S/C15H25N3O2S/c1-2-9-17-21(19,20)15-6-4-3-5-14(15)18-10-7-13(12-16)8-11-18/h3-6,13,17H,2,7-12,16H2,1H3. The van der Waals surface area contributed by atoms with Crippen LogP contribution < -0.4 is 15.4 Å². The van der Waals surface area contributed by atoms with E-state index in [2.05, 4.69) is 9.62 Å². The third-order valence-corrected chi connectivity index (χ3v) is 5.49. The average Bonchev–Trinajstić information content (AvgIpc) is 2.53. The minimum atomic E-state index is -3.44. The Balaban J connectivity index is 2.21. The van der Waals surface area contributed by atoms with Gasteiger partial charge in [-0.3, -0.25) is 0 Å². The van der Waals surface area contributed by atoms with Gasteiger partial charge in [0.15, 0.2) is 0 Å². The van der Waals surface area contributed by atoms with Gasteiger partial charge < -0.3 is 10.6 Å². The molecule has 0 amide bonds. The molecule has 3 N–H and O–H groups in total. The zero-order chi connectivity index (χ0) is 15.3. The van der Waals surface area contributed by atoms with Crippen molar-refractivity contribution in [2.24, 2.45) is 11.7 Å². The predicted molar refractivity (Wildman–Crippen MR) is 85.9 cm³/mol. The molecule has 6 heteroatoms. The summed E-state index contributed by atoms with van der Waals surface area (Å²) in [6.07, 6.45) is 2.82. The van der Waals surface area contributed by atoms with Gasteiger partial charge in [-0.2, -0.15) is 0 Å². The number of nitrogens with two attached hydrogens (primary N) is 1. The molecular formula is C15H25N3O2S. The Morgan fingerprint density at radius 3 is 2.57 bits per heavy atom. The van der Waals surface area contributed by atoms with E-state index in [0.29, 0.717) is 23.9 Å². The van der Waals surface area contributed by atoms with E-state index in [9.17, 15) is 8.42 Å². The van der Waals surface area contributed by atoms with Crippen molar-refractivity contribution >= 4 is 15.7 Å². The molecule has 118 valence electrons. The number of rotatable bonds is 6. The lowest BCUT2D eigenvalue weighted by molar-refractivity contribution is 0.413. The van der Waals surface area contributed by atoms with Crippen molar-refractivity contribution in [3.05, 3.63) is 24.3 Å². The third kappa shape index (κ3) is 3.96. The van der Waals surface area contributed by atoms with Crippen LogP contribution in [0.4, 0.5) is 5.69 Å². The van der Waals surface area contributed by atoms with E-state index in [1.807, 2.05) is 19.1 Å². The largest absolute Gasteiger partial charge is 0.370 e. The van der Waals surface area contributed by atoms with E-state index < -0.39 is 10.0 Å². The maximum Gasteiger partial charge on any atom is 0.242 e. The van der Waals surface area contributed by atoms with Gasteiger partial charge in [0.25, 0.3) is 0 Å². The first-order chi connectivity index (χ1) is 10.1. The molecule has 0 aliphatic carbocycles.